The number of hydrogen-bond acceptors (Lipinski definition) is 4. The Labute approximate surface area is 72.1 Å². The monoisotopic (exact) mass is 183 g/mol. The van der Waals surface area contributed by atoms with Crippen LogP contribution in [-0.2, 0) is 18.8 Å². The van der Waals surface area contributed by atoms with E-state index in [-0.39, 0.29) is 11.9 Å². The summed E-state index contributed by atoms with van der Waals surface area (Å²) in [5, 5.41) is 0. The van der Waals surface area contributed by atoms with Gasteiger partial charge in [0.15, 0.2) is 0 Å². The van der Waals surface area contributed by atoms with E-state index in [9.17, 15) is 4.79 Å². The third-order valence-corrected chi connectivity index (χ3v) is 2.20. The predicted octanol–water partition coefficient (Wildman–Crippen LogP) is -0.358. The standard InChI is InChI=1S/C6H5BO4P/c7-6-4(8)5-3(11-6)1-10-12-2-9-5/h3,5-6H,1H2/q+1/t3?,5-,6?/m1/s1. The summed E-state index contributed by atoms with van der Waals surface area (Å²) in [4.78, 5) is 11.2. The second kappa shape index (κ2) is 3.29. The fourth-order valence-corrected chi connectivity index (χ4v) is 1.58. The Morgan fingerprint density at radius 2 is 2.50 bits per heavy atom. The molecule has 0 N–H and O–H groups in total. The van der Waals surface area contributed by atoms with E-state index in [0.29, 0.717) is 14.9 Å². The normalized spacial score (nSPS) is 40.3. The molecule has 0 saturated carbocycles. The van der Waals surface area contributed by atoms with Crippen LogP contribution in [0.15, 0.2) is 0 Å². The van der Waals surface area contributed by atoms with Crippen molar-refractivity contribution in [2.75, 3.05) is 6.61 Å². The van der Waals surface area contributed by atoms with Gasteiger partial charge in [-0.2, -0.15) is 0 Å². The first-order valence-electron chi connectivity index (χ1n) is 3.46. The van der Waals surface area contributed by atoms with E-state index in [4.69, 9.17) is 21.8 Å². The molecule has 3 atom stereocenters. The van der Waals surface area contributed by atoms with Crippen molar-refractivity contribution in [3.63, 3.8) is 0 Å². The molecular weight excluding hydrogens is 178 g/mol. The first-order valence-corrected chi connectivity index (χ1v) is 4.27. The summed E-state index contributed by atoms with van der Waals surface area (Å²) < 4.78 is 15.1. The summed E-state index contributed by atoms with van der Waals surface area (Å²) >= 11 is 0. The molecule has 1 fully saturated rings. The van der Waals surface area contributed by atoms with Crippen LogP contribution in [0.4, 0.5) is 0 Å². The number of ether oxygens (including phenoxy) is 2. The molecule has 2 aliphatic rings. The van der Waals surface area contributed by atoms with Crippen LogP contribution < -0.4 is 0 Å². The fourth-order valence-electron chi connectivity index (χ4n) is 1.15. The van der Waals surface area contributed by atoms with Crippen molar-refractivity contribution in [1.29, 1.82) is 0 Å². The van der Waals surface area contributed by atoms with E-state index >= 15 is 0 Å². The van der Waals surface area contributed by atoms with Crippen molar-refractivity contribution in [3.8, 4) is 5.81 Å². The number of rotatable bonds is 0. The van der Waals surface area contributed by atoms with Gasteiger partial charge < -0.3 is 0 Å². The first kappa shape index (κ1) is 8.42. The number of fused-ring (bicyclic) bond motifs is 1. The topological polar surface area (TPSA) is 44.8 Å². The Bertz CT molecular complexity index is 270. The molecule has 2 rings (SSSR count). The Morgan fingerprint density at radius 1 is 1.67 bits per heavy atom. The van der Waals surface area contributed by atoms with Gasteiger partial charge in [0, 0.05) is 0 Å². The molecule has 1 saturated heterocycles. The zero-order valence-electron chi connectivity index (χ0n) is 6.10. The van der Waals surface area contributed by atoms with Gasteiger partial charge in [-0.3, -0.25) is 0 Å². The van der Waals surface area contributed by atoms with E-state index in [1.54, 1.807) is 0 Å². The molecule has 0 aromatic heterocycles. The van der Waals surface area contributed by atoms with Crippen molar-refractivity contribution in [2.24, 2.45) is 0 Å². The van der Waals surface area contributed by atoms with Gasteiger partial charge in [-0.15, -0.1) is 0 Å². The second-order valence-corrected chi connectivity index (χ2v) is 3.14. The number of carbonyl (C=O) groups is 1. The zero-order chi connectivity index (χ0) is 8.55. The SMILES string of the molecule is [B]C1OC2CO[P+]#CO[C@H]2C1=O. The van der Waals surface area contributed by atoms with Crippen LogP contribution in [0.25, 0.3) is 0 Å². The van der Waals surface area contributed by atoms with Crippen LogP contribution in [0.5, 0.6) is 0 Å². The fraction of sp³-hybridized carbons (Fsp3) is 0.667. The Kier molecular flexibility index (Phi) is 2.31. The molecule has 2 aliphatic heterocycles. The second-order valence-electron chi connectivity index (χ2n) is 2.51. The molecular formula is C6H5BO4P+. The molecule has 12 heavy (non-hydrogen) atoms. The molecule has 60 valence electrons. The van der Waals surface area contributed by atoms with Crippen molar-refractivity contribution >= 4 is 21.9 Å². The Morgan fingerprint density at radius 3 is 3.33 bits per heavy atom. The molecule has 2 unspecified atom stereocenters. The molecule has 0 aliphatic carbocycles. The number of Topliss-reactive ketones (excluding diaryl/α,β-unsaturated/α-hetero) is 1. The van der Waals surface area contributed by atoms with Crippen LogP contribution in [-0.4, -0.2) is 38.4 Å². The third kappa shape index (κ3) is 1.35. The quantitative estimate of drug-likeness (QED) is 0.380. The van der Waals surface area contributed by atoms with Crippen molar-refractivity contribution in [1.82, 2.24) is 0 Å². The molecule has 0 aromatic carbocycles. The predicted molar refractivity (Wildman–Crippen MR) is 41.1 cm³/mol. The molecule has 2 heterocycles. The van der Waals surface area contributed by atoms with Crippen LogP contribution in [0.3, 0.4) is 0 Å². The summed E-state index contributed by atoms with van der Waals surface area (Å²) in [5.41, 5.74) is 0. The summed E-state index contributed by atoms with van der Waals surface area (Å²) in [7, 11) is 5.84. The van der Waals surface area contributed by atoms with Crippen LogP contribution in [0.1, 0.15) is 0 Å². The van der Waals surface area contributed by atoms with E-state index in [0.717, 1.165) is 0 Å². The van der Waals surface area contributed by atoms with Gasteiger partial charge in [0.1, 0.15) is 0 Å². The number of ketones is 1. The summed E-state index contributed by atoms with van der Waals surface area (Å²) in [6.45, 7) is 0.318. The van der Waals surface area contributed by atoms with Crippen LogP contribution >= 0.6 is 8.26 Å². The zero-order valence-corrected chi connectivity index (χ0v) is 6.99. The van der Waals surface area contributed by atoms with E-state index in [1.165, 1.54) is 0 Å². The van der Waals surface area contributed by atoms with Gasteiger partial charge >= 0.3 is 71.3 Å². The minimum absolute atomic E-state index is 0.242. The Balaban J connectivity index is 2.17. The average molecular weight is 183 g/mol. The van der Waals surface area contributed by atoms with E-state index < -0.39 is 12.1 Å². The van der Waals surface area contributed by atoms with Gasteiger partial charge in [-0.05, 0) is 0 Å². The summed E-state index contributed by atoms with van der Waals surface area (Å²) in [6.07, 6.45) is -1.01. The number of carbonyl (C=O) groups excluding carboxylic acids is 1. The average Bonchev–Trinajstić information content (AvgIpc) is 2.30. The van der Waals surface area contributed by atoms with E-state index in [2.05, 4.69) is 5.81 Å². The molecule has 0 amide bonds. The van der Waals surface area contributed by atoms with Crippen LogP contribution in [0, 0.1) is 5.81 Å². The van der Waals surface area contributed by atoms with Crippen LogP contribution in [0.2, 0.25) is 0 Å². The molecule has 0 aromatic rings. The molecule has 0 spiro atoms. The molecule has 6 heteroatoms. The van der Waals surface area contributed by atoms with Crippen molar-refractivity contribution in [3.05, 3.63) is 0 Å². The Hall–Kier alpha value is -0.175. The maximum atomic E-state index is 11.2. The van der Waals surface area contributed by atoms with Gasteiger partial charge in [0.2, 0.25) is 0 Å². The van der Waals surface area contributed by atoms with Gasteiger partial charge in [0.25, 0.3) is 0 Å². The van der Waals surface area contributed by atoms with Crippen molar-refractivity contribution < 1.29 is 18.8 Å². The third-order valence-electron chi connectivity index (χ3n) is 1.74. The van der Waals surface area contributed by atoms with E-state index in [1.807, 2.05) is 0 Å². The molecule has 2 radical (unpaired) electrons. The minimum atomic E-state index is -0.875. The first-order chi connectivity index (χ1) is 5.79. The molecule has 4 nitrogen and oxygen atoms in total. The van der Waals surface area contributed by atoms with Crippen molar-refractivity contribution in [2.45, 2.75) is 18.2 Å². The summed E-state index contributed by atoms with van der Waals surface area (Å²) in [5.74, 6) is 2.22. The summed E-state index contributed by atoms with van der Waals surface area (Å²) in [6, 6.07) is -0.875. The van der Waals surface area contributed by atoms with Gasteiger partial charge in [0.05, 0.1) is 0 Å². The number of hydrogen-bond donors (Lipinski definition) is 0. The molecule has 0 bridgehead atoms. The maximum absolute atomic E-state index is 11.2. The van der Waals surface area contributed by atoms with Gasteiger partial charge in [-0.1, -0.05) is 0 Å². The van der Waals surface area contributed by atoms with Gasteiger partial charge in [-0.25, -0.2) is 0 Å².